The molecule has 2 aromatic heterocycles. The Balaban J connectivity index is 1.62. The molecule has 3 aromatic rings. The zero-order valence-corrected chi connectivity index (χ0v) is 15.0. The summed E-state index contributed by atoms with van der Waals surface area (Å²) >= 11 is 1.26. The molecular weight excluding hydrogens is 336 g/mol. The van der Waals surface area contributed by atoms with Gasteiger partial charge in [0.15, 0.2) is 5.01 Å². The van der Waals surface area contributed by atoms with Gasteiger partial charge in [0.1, 0.15) is 6.33 Å². The normalized spacial score (nSPS) is 11.2. The van der Waals surface area contributed by atoms with E-state index in [1.54, 1.807) is 12.4 Å². The quantitative estimate of drug-likeness (QED) is 0.743. The lowest BCUT2D eigenvalue weighted by molar-refractivity contribution is 0.262. The highest BCUT2D eigenvalue weighted by molar-refractivity contribution is 7.18. The van der Waals surface area contributed by atoms with Gasteiger partial charge in [-0.05, 0) is 23.1 Å². The first-order valence-electron chi connectivity index (χ1n) is 7.69. The summed E-state index contributed by atoms with van der Waals surface area (Å²) in [6, 6.07) is 7.41. The molecule has 0 aliphatic carbocycles. The molecule has 7 nitrogen and oxygen atoms in total. The van der Waals surface area contributed by atoms with Crippen LogP contribution in [-0.2, 0) is 5.41 Å². The number of amides is 2. The van der Waals surface area contributed by atoms with Gasteiger partial charge in [0.05, 0.1) is 0 Å². The van der Waals surface area contributed by atoms with Gasteiger partial charge in [-0.3, -0.25) is 5.32 Å². The van der Waals surface area contributed by atoms with Crippen molar-refractivity contribution in [3.63, 3.8) is 0 Å². The number of benzene rings is 1. The van der Waals surface area contributed by atoms with Crippen LogP contribution in [-0.4, -0.2) is 26.2 Å². The predicted octanol–water partition coefficient (Wildman–Crippen LogP) is 3.94. The first-order chi connectivity index (χ1) is 11.9. The molecule has 128 valence electrons. The molecular formula is C17H18N6OS. The minimum absolute atomic E-state index is 0.0743. The summed E-state index contributed by atoms with van der Waals surface area (Å²) in [4.78, 5) is 20.0. The third-order valence-corrected chi connectivity index (χ3v) is 4.35. The molecule has 0 fully saturated rings. The highest BCUT2D eigenvalue weighted by Gasteiger charge is 2.14. The van der Waals surface area contributed by atoms with Crippen LogP contribution < -0.4 is 10.6 Å². The molecule has 2 N–H and O–H groups in total. The number of nitrogens with one attached hydrogen (secondary N) is 2. The van der Waals surface area contributed by atoms with E-state index in [9.17, 15) is 4.79 Å². The molecule has 0 spiro atoms. The van der Waals surface area contributed by atoms with Crippen LogP contribution in [0, 0.1) is 0 Å². The van der Waals surface area contributed by atoms with Crippen molar-refractivity contribution >= 4 is 28.2 Å². The molecule has 0 bridgehead atoms. The van der Waals surface area contributed by atoms with Crippen molar-refractivity contribution in [3.8, 4) is 10.6 Å². The standard InChI is InChI=1S/C17H18N6OS/c1-17(2,3)12-4-6-13(7-5-12)20-15(24)21-16-23-22-14(25-16)11-8-18-10-19-9-11/h4-10H,1-3H3,(H2,20,21,23,24). The van der Waals surface area contributed by atoms with Gasteiger partial charge >= 0.3 is 6.03 Å². The molecule has 0 aliphatic heterocycles. The number of urea groups is 1. The average molecular weight is 354 g/mol. The Morgan fingerprint density at radius 3 is 2.32 bits per heavy atom. The molecule has 2 heterocycles. The Kier molecular flexibility index (Phi) is 4.71. The van der Waals surface area contributed by atoms with E-state index in [1.165, 1.54) is 23.2 Å². The first-order valence-corrected chi connectivity index (χ1v) is 8.51. The second kappa shape index (κ2) is 6.94. The zero-order valence-electron chi connectivity index (χ0n) is 14.1. The topological polar surface area (TPSA) is 92.7 Å². The number of hydrogen-bond acceptors (Lipinski definition) is 6. The second-order valence-corrected chi connectivity index (χ2v) is 7.42. The number of anilines is 2. The van der Waals surface area contributed by atoms with Gasteiger partial charge in [0.2, 0.25) is 5.13 Å². The van der Waals surface area contributed by atoms with Crippen molar-refractivity contribution in [1.29, 1.82) is 0 Å². The highest BCUT2D eigenvalue weighted by atomic mass is 32.1. The lowest BCUT2D eigenvalue weighted by Gasteiger charge is -2.19. The molecule has 1 aromatic carbocycles. The molecule has 0 unspecified atom stereocenters. The van der Waals surface area contributed by atoms with E-state index in [0.29, 0.717) is 15.8 Å². The fourth-order valence-electron chi connectivity index (χ4n) is 2.11. The van der Waals surface area contributed by atoms with E-state index in [-0.39, 0.29) is 11.4 Å². The van der Waals surface area contributed by atoms with Crippen molar-refractivity contribution in [2.45, 2.75) is 26.2 Å². The average Bonchev–Trinajstić information content (AvgIpc) is 3.03. The summed E-state index contributed by atoms with van der Waals surface area (Å²) < 4.78 is 0. The minimum atomic E-state index is -0.365. The third kappa shape index (κ3) is 4.36. The van der Waals surface area contributed by atoms with Crippen LogP contribution in [0.5, 0.6) is 0 Å². The predicted molar refractivity (Wildman–Crippen MR) is 98.7 cm³/mol. The van der Waals surface area contributed by atoms with Gasteiger partial charge in [0.25, 0.3) is 0 Å². The maximum absolute atomic E-state index is 12.1. The number of rotatable bonds is 3. The van der Waals surface area contributed by atoms with Crippen LogP contribution in [0.15, 0.2) is 43.0 Å². The molecule has 0 radical (unpaired) electrons. The lowest BCUT2D eigenvalue weighted by atomic mass is 9.87. The molecule has 8 heteroatoms. The smallest absolute Gasteiger partial charge is 0.308 e. The fourth-order valence-corrected chi connectivity index (χ4v) is 2.83. The third-order valence-electron chi connectivity index (χ3n) is 3.46. The molecule has 0 aliphatic rings. The summed E-state index contributed by atoms with van der Waals surface area (Å²) in [5.41, 5.74) is 2.75. The van der Waals surface area contributed by atoms with Gasteiger partial charge < -0.3 is 5.32 Å². The number of carbonyl (C=O) groups excluding carboxylic acids is 1. The number of carbonyl (C=O) groups is 1. The van der Waals surface area contributed by atoms with Crippen LogP contribution >= 0.6 is 11.3 Å². The second-order valence-electron chi connectivity index (χ2n) is 6.45. The van der Waals surface area contributed by atoms with Gasteiger partial charge in [-0.25, -0.2) is 14.8 Å². The van der Waals surface area contributed by atoms with Crippen molar-refractivity contribution < 1.29 is 4.79 Å². The van der Waals surface area contributed by atoms with E-state index in [4.69, 9.17) is 0 Å². The minimum Gasteiger partial charge on any atom is -0.308 e. The lowest BCUT2D eigenvalue weighted by Crippen LogP contribution is -2.19. The summed E-state index contributed by atoms with van der Waals surface area (Å²) in [5.74, 6) is 0. The van der Waals surface area contributed by atoms with Gasteiger partial charge in [-0.2, -0.15) is 0 Å². The van der Waals surface area contributed by atoms with E-state index in [1.807, 2.05) is 24.3 Å². The fraction of sp³-hybridized carbons (Fsp3) is 0.235. The Labute approximate surface area is 149 Å². The first kappa shape index (κ1) is 17.0. The highest BCUT2D eigenvalue weighted by Crippen LogP contribution is 2.26. The number of hydrogen-bond donors (Lipinski definition) is 2. The van der Waals surface area contributed by atoms with Crippen LogP contribution in [0.1, 0.15) is 26.3 Å². The maximum atomic E-state index is 12.1. The number of aromatic nitrogens is 4. The summed E-state index contributed by atoms with van der Waals surface area (Å²) in [6.07, 6.45) is 4.74. The molecule has 2 amide bonds. The van der Waals surface area contributed by atoms with E-state index in [0.717, 1.165) is 5.56 Å². The van der Waals surface area contributed by atoms with Crippen LogP contribution in [0.2, 0.25) is 0 Å². The molecule has 25 heavy (non-hydrogen) atoms. The summed E-state index contributed by atoms with van der Waals surface area (Å²) in [5, 5.41) is 14.5. The van der Waals surface area contributed by atoms with E-state index >= 15 is 0 Å². The Hall–Kier alpha value is -2.87. The SMILES string of the molecule is CC(C)(C)c1ccc(NC(=O)Nc2nnc(-c3cncnc3)s2)cc1. The van der Waals surface area contributed by atoms with Gasteiger partial charge in [-0.15, -0.1) is 10.2 Å². The molecule has 0 saturated carbocycles. The van der Waals surface area contributed by atoms with Crippen molar-refractivity contribution in [2.75, 3.05) is 10.6 Å². The zero-order chi connectivity index (χ0) is 17.9. The van der Waals surface area contributed by atoms with Gasteiger partial charge in [-0.1, -0.05) is 44.2 Å². The van der Waals surface area contributed by atoms with Crippen LogP contribution in [0.3, 0.4) is 0 Å². The van der Waals surface area contributed by atoms with Gasteiger partial charge in [0, 0.05) is 23.6 Å². The number of nitrogens with zero attached hydrogens (tertiary/aromatic N) is 4. The Morgan fingerprint density at radius 2 is 1.68 bits per heavy atom. The van der Waals surface area contributed by atoms with E-state index in [2.05, 4.69) is 51.6 Å². The molecule has 3 rings (SSSR count). The Bertz CT molecular complexity index is 855. The van der Waals surface area contributed by atoms with E-state index < -0.39 is 0 Å². The monoisotopic (exact) mass is 354 g/mol. The van der Waals surface area contributed by atoms with Crippen molar-refractivity contribution in [1.82, 2.24) is 20.2 Å². The van der Waals surface area contributed by atoms with Crippen LogP contribution in [0.25, 0.3) is 10.6 Å². The Morgan fingerprint density at radius 1 is 1.00 bits per heavy atom. The van der Waals surface area contributed by atoms with Crippen molar-refractivity contribution in [3.05, 3.63) is 48.5 Å². The van der Waals surface area contributed by atoms with Crippen molar-refractivity contribution in [2.24, 2.45) is 0 Å². The molecule has 0 saturated heterocycles. The maximum Gasteiger partial charge on any atom is 0.325 e. The summed E-state index contributed by atoms with van der Waals surface area (Å²) in [6.45, 7) is 6.44. The largest absolute Gasteiger partial charge is 0.325 e. The van der Waals surface area contributed by atoms with Crippen LogP contribution in [0.4, 0.5) is 15.6 Å². The molecule has 0 atom stereocenters. The summed E-state index contributed by atoms with van der Waals surface area (Å²) in [7, 11) is 0.